The molecular weight excluding hydrogens is 500 g/mol. The summed E-state index contributed by atoms with van der Waals surface area (Å²) in [7, 11) is 1.53. The van der Waals surface area contributed by atoms with E-state index >= 15 is 0 Å². The van der Waals surface area contributed by atoms with Crippen LogP contribution < -0.4 is 5.73 Å². The highest BCUT2D eigenvalue weighted by Gasteiger charge is 2.47. The highest BCUT2D eigenvalue weighted by atomic mass is 19.3. The minimum atomic E-state index is -3.10. The number of aromatic nitrogens is 2. The molecule has 2 atom stereocenters. The van der Waals surface area contributed by atoms with Crippen LogP contribution in [0.25, 0.3) is 5.69 Å². The summed E-state index contributed by atoms with van der Waals surface area (Å²) < 4.78 is 31.5. The Balaban J connectivity index is 1.32. The molecular formula is C30H37F2N5O2. The summed E-state index contributed by atoms with van der Waals surface area (Å²) in [5, 5.41) is 15.9. The fraction of sp³-hybridized carbons (Fsp3) is 0.533. The van der Waals surface area contributed by atoms with Crippen molar-refractivity contribution in [2.24, 2.45) is 5.73 Å². The van der Waals surface area contributed by atoms with Crippen LogP contribution in [0.5, 0.6) is 5.75 Å². The first-order valence-corrected chi connectivity index (χ1v) is 14.1. The molecule has 2 aliphatic heterocycles. The Bertz CT molecular complexity index is 1380. The maximum Gasteiger partial charge on any atom is 0.288 e. The topological polar surface area (TPSA) is 87.6 Å². The molecule has 3 N–H and O–H groups in total. The lowest BCUT2D eigenvalue weighted by Gasteiger charge is -2.42. The molecule has 1 aromatic carbocycles. The number of aryl methyl sites for hydroxylation is 1. The van der Waals surface area contributed by atoms with Gasteiger partial charge in [-0.1, -0.05) is 19.1 Å². The SMILES string of the molecule is C=C(C)C(F)(F)C1CCC(C(=O)N2CCc3c4c(nn3-c3ccc(C5CC5)cc3O)CCCCC42)=C(N)N1C. The van der Waals surface area contributed by atoms with E-state index in [-0.39, 0.29) is 41.9 Å². The van der Waals surface area contributed by atoms with Gasteiger partial charge in [-0.25, -0.2) is 4.68 Å². The van der Waals surface area contributed by atoms with Gasteiger partial charge < -0.3 is 20.6 Å². The van der Waals surface area contributed by atoms with E-state index in [0.29, 0.717) is 30.1 Å². The second-order valence-corrected chi connectivity index (χ2v) is 11.7. The number of nitrogens with zero attached hydrogens (tertiary/aromatic N) is 4. The lowest BCUT2D eigenvalue weighted by atomic mass is 9.89. The lowest BCUT2D eigenvalue weighted by Crippen LogP contribution is -2.51. The number of rotatable bonds is 5. The Morgan fingerprint density at radius 1 is 1.15 bits per heavy atom. The molecule has 2 aromatic rings. The second kappa shape index (κ2) is 9.38. The molecule has 3 heterocycles. The molecule has 0 radical (unpaired) electrons. The Morgan fingerprint density at radius 2 is 1.92 bits per heavy atom. The Morgan fingerprint density at radius 3 is 2.62 bits per heavy atom. The predicted molar refractivity (Wildman–Crippen MR) is 145 cm³/mol. The van der Waals surface area contributed by atoms with Crippen molar-refractivity contribution in [1.82, 2.24) is 19.6 Å². The number of benzene rings is 1. The second-order valence-electron chi connectivity index (χ2n) is 11.7. The van der Waals surface area contributed by atoms with E-state index in [1.54, 1.807) is 0 Å². The van der Waals surface area contributed by atoms with Gasteiger partial charge in [-0.05, 0) is 81.1 Å². The minimum Gasteiger partial charge on any atom is -0.506 e. The molecule has 0 spiro atoms. The molecule has 1 fully saturated rings. The summed E-state index contributed by atoms with van der Waals surface area (Å²) in [5.74, 6) is -2.38. The van der Waals surface area contributed by atoms with E-state index in [2.05, 4.69) is 12.6 Å². The lowest BCUT2D eigenvalue weighted by molar-refractivity contribution is -0.131. The Kier molecular flexibility index (Phi) is 6.23. The zero-order valence-corrected chi connectivity index (χ0v) is 22.7. The van der Waals surface area contributed by atoms with Crippen molar-refractivity contribution in [2.45, 2.75) is 88.6 Å². The standard InChI is InChI=1S/C30H37F2N5O2/c1-17(2)30(31,32)26-13-11-20(28(33)35(26)3)29(39)36-15-14-24-27-21(6-4-5-7-23(27)36)34-37(24)22-12-10-19(16-25(22)38)18-8-9-18/h10,12,16,18,23,26,38H,1,4-9,11,13-15,33H2,2-3H3. The van der Waals surface area contributed by atoms with Gasteiger partial charge in [-0.15, -0.1) is 0 Å². The molecule has 2 aliphatic carbocycles. The number of carbonyl (C=O) groups is 1. The monoisotopic (exact) mass is 537 g/mol. The number of aromatic hydroxyl groups is 1. The average Bonchev–Trinajstić information content (AvgIpc) is 3.71. The van der Waals surface area contributed by atoms with Crippen molar-refractivity contribution in [1.29, 1.82) is 0 Å². The summed E-state index contributed by atoms with van der Waals surface area (Å²) in [5.41, 5.74) is 11.5. The summed E-state index contributed by atoms with van der Waals surface area (Å²) in [6.45, 7) is 5.27. The number of hydrogen-bond acceptors (Lipinski definition) is 5. The van der Waals surface area contributed by atoms with Gasteiger partial charge >= 0.3 is 0 Å². The molecule has 6 rings (SSSR count). The maximum absolute atomic E-state index is 14.8. The molecule has 0 bridgehead atoms. The molecule has 9 heteroatoms. The van der Waals surface area contributed by atoms with Gasteiger partial charge in [0.2, 0.25) is 0 Å². The third kappa shape index (κ3) is 4.21. The molecule has 208 valence electrons. The fourth-order valence-electron chi connectivity index (χ4n) is 6.71. The van der Waals surface area contributed by atoms with Crippen molar-refractivity contribution >= 4 is 5.91 Å². The summed E-state index contributed by atoms with van der Waals surface area (Å²) in [6, 6.07) is 4.63. The maximum atomic E-state index is 14.8. The molecule has 4 aliphatic rings. The molecule has 2 unspecified atom stereocenters. The van der Waals surface area contributed by atoms with E-state index in [1.165, 1.54) is 37.3 Å². The van der Waals surface area contributed by atoms with Crippen LogP contribution in [-0.4, -0.2) is 56.2 Å². The molecule has 1 saturated carbocycles. The third-order valence-electron chi connectivity index (χ3n) is 9.15. The normalized spacial score (nSPS) is 23.5. The van der Waals surface area contributed by atoms with Gasteiger partial charge in [-0.3, -0.25) is 4.79 Å². The summed E-state index contributed by atoms with van der Waals surface area (Å²) in [6.07, 6.45) is 6.82. The van der Waals surface area contributed by atoms with Crippen LogP contribution in [0, 0.1) is 0 Å². The minimum absolute atomic E-state index is 0.119. The summed E-state index contributed by atoms with van der Waals surface area (Å²) >= 11 is 0. The average molecular weight is 538 g/mol. The molecule has 7 nitrogen and oxygen atoms in total. The number of amides is 1. The summed E-state index contributed by atoms with van der Waals surface area (Å²) in [4.78, 5) is 17.2. The van der Waals surface area contributed by atoms with Crippen LogP contribution in [0.3, 0.4) is 0 Å². The zero-order chi connectivity index (χ0) is 27.6. The zero-order valence-electron chi connectivity index (χ0n) is 22.7. The van der Waals surface area contributed by atoms with Gasteiger partial charge in [0.05, 0.1) is 29.0 Å². The van der Waals surface area contributed by atoms with Crippen LogP contribution in [-0.2, 0) is 17.6 Å². The van der Waals surface area contributed by atoms with Gasteiger partial charge in [-0.2, -0.15) is 13.9 Å². The van der Waals surface area contributed by atoms with E-state index in [4.69, 9.17) is 10.8 Å². The Labute approximate surface area is 228 Å². The van der Waals surface area contributed by atoms with Crippen LogP contribution in [0.2, 0.25) is 0 Å². The first kappa shape index (κ1) is 25.9. The van der Waals surface area contributed by atoms with Crippen molar-refractivity contribution in [2.75, 3.05) is 13.6 Å². The number of phenols is 1. The smallest absolute Gasteiger partial charge is 0.288 e. The largest absolute Gasteiger partial charge is 0.506 e. The number of carbonyl (C=O) groups excluding carboxylic acids is 1. The van der Waals surface area contributed by atoms with Gasteiger partial charge in [0, 0.05) is 25.6 Å². The van der Waals surface area contributed by atoms with Gasteiger partial charge in [0.15, 0.2) is 0 Å². The molecule has 39 heavy (non-hydrogen) atoms. The molecule has 1 aromatic heterocycles. The Hall–Kier alpha value is -3.36. The number of alkyl halides is 2. The number of hydrogen-bond donors (Lipinski definition) is 2. The molecule has 1 amide bonds. The highest BCUT2D eigenvalue weighted by molar-refractivity contribution is 5.94. The molecule has 0 saturated heterocycles. The fourth-order valence-corrected chi connectivity index (χ4v) is 6.71. The number of phenolic OH excluding ortho intramolecular Hbond substituents is 1. The van der Waals surface area contributed by atoms with E-state index in [0.717, 1.165) is 42.6 Å². The first-order chi connectivity index (χ1) is 18.6. The van der Waals surface area contributed by atoms with E-state index < -0.39 is 12.0 Å². The third-order valence-corrected chi connectivity index (χ3v) is 9.15. The van der Waals surface area contributed by atoms with Crippen LogP contribution >= 0.6 is 0 Å². The van der Waals surface area contributed by atoms with Crippen LogP contribution in [0.4, 0.5) is 8.78 Å². The predicted octanol–water partition coefficient (Wildman–Crippen LogP) is 5.08. The number of nitrogens with two attached hydrogens (primary N) is 1. The van der Waals surface area contributed by atoms with Crippen LogP contribution in [0.15, 0.2) is 41.7 Å². The van der Waals surface area contributed by atoms with E-state index in [1.807, 2.05) is 21.7 Å². The first-order valence-electron chi connectivity index (χ1n) is 14.1. The van der Waals surface area contributed by atoms with Crippen molar-refractivity contribution < 1.29 is 18.7 Å². The highest BCUT2D eigenvalue weighted by Crippen LogP contribution is 2.45. The van der Waals surface area contributed by atoms with Gasteiger partial charge in [0.25, 0.3) is 11.8 Å². The van der Waals surface area contributed by atoms with Crippen molar-refractivity contribution in [3.8, 4) is 11.4 Å². The van der Waals surface area contributed by atoms with Crippen molar-refractivity contribution in [3.63, 3.8) is 0 Å². The quantitative estimate of drug-likeness (QED) is 0.520. The van der Waals surface area contributed by atoms with E-state index in [9.17, 15) is 18.7 Å². The van der Waals surface area contributed by atoms with Crippen molar-refractivity contribution in [3.05, 3.63) is 64.3 Å². The number of halogens is 2. The van der Waals surface area contributed by atoms with Gasteiger partial charge in [0.1, 0.15) is 17.3 Å². The van der Waals surface area contributed by atoms with Crippen LogP contribution in [0.1, 0.15) is 86.3 Å².